The molecule has 2 N–H and O–H groups in total. The van der Waals surface area contributed by atoms with E-state index in [0.29, 0.717) is 16.9 Å². The Hall–Kier alpha value is -3.65. The topological polar surface area (TPSA) is 120 Å². The van der Waals surface area contributed by atoms with E-state index in [2.05, 4.69) is 5.32 Å². The van der Waals surface area contributed by atoms with E-state index in [0.717, 1.165) is 22.3 Å². The number of hydrogen-bond acceptors (Lipinski definition) is 7. The summed E-state index contributed by atoms with van der Waals surface area (Å²) in [6.45, 7) is 1.94. The number of carboxylic acids is 1. The number of fused-ring (bicyclic) bond motifs is 4. The lowest BCUT2D eigenvalue weighted by Crippen LogP contribution is -2.43. The largest absolute Gasteiger partial charge is 0.530 e. The van der Waals surface area contributed by atoms with Crippen molar-refractivity contribution < 1.29 is 37.6 Å². The molecule has 2 atom stereocenters. The van der Waals surface area contributed by atoms with Gasteiger partial charge in [0.15, 0.2) is 0 Å². The van der Waals surface area contributed by atoms with E-state index in [1.165, 1.54) is 0 Å². The number of carbonyl (C=O) groups is 2. The van der Waals surface area contributed by atoms with Gasteiger partial charge in [-0.15, -0.1) is 0 Å². The molecule has 0 fully saturated rings. The van der Waals surface area contributed by atoms with Crippen molar-refractivity contribution in [3.63, 3.8) is 0 Å². The van der Waals surface area contributed by atoms with E-state index in [-0.39, 0.29) is 32.2 Å². The minimum atomic E-state index is -3.65. The van der Waals surface area contributed by atoms with Crippen LogP contribution >= 0.6 is 7.82 Å². The van der Waals surface area contributed by atoms with Crippen LogP contribution in [-0.2, 0) is 36.2 Å². The summed E-state index contributed by atoms with van der Waals surface area (Å²) in [5.41, 5.74) is 5.58. The number of hydrogen-bond donors (Lipinski definition) is 2. The number of phosphoric ester groups is 1. The fraction of sp³-hybridized carbons (Fsp3) is 0.259. The van der Waals surface area contributed by atoms with Gasteiger partial charge in [0.05, 0.1) is 13.2 Å². The molecule has 2 aliphatic rings. The summed E-state index contributed by atoms with van der Waals surface area (Å²) in [4.78, 5) is 24.5. The highest BCUT2D eigenvalue weighted by Gasteiger charge is 2.34. The normalized spacial score (nSPS) is 18.6. The van der Waals surface area contributed by atoms with Crippen molar-refractivity contribution in [2.45, 2.75) is 31.9 Å². The van der Waals surface area contributed by atoms with Crippen LogP contribution in [0.15, 0.2) is 66.7 Å². The van der Waals surface area contributed by atoms with Gasteiger partial charge in [0.1, 0.15) is 18.4 Å². The first-order chi connectivity index (χ1) is 17.9. The molecule has 0 aromatic heterocycles. The van der Waals surface area contributed by atoms with E-state index in [4.69, 9.17) is 18.3 Å². The number of aliphatic carboxylic acids is 1. The van der Waals surface area contributed by atoms with Gasteiger partial charge >= 0.3 is 19.9 Å². The molecule has 0 saturated heterocycles. The standard InChI is InChI=1S/C27H26NO8P/c1-2-34-37(32)35-15-18-13-17(11-12-25(18)36-37)14-24(26(29)30)28-27(31)33-16-23-21-9-5-3-7-19(21)20-8-4-6-10-22(20)23/h3-13,23-24H,2,14-16H2,1H3,(H,28,31)(H,29,30). The molecule has 0 radical (unpaired) electrons. The number of alkyl carbamates (subject to hydrolysis) is 1. The summed E-state index contributed by atoms with van der Waals surface area (Å²) in [7, 11) is -3.65. The predicted molar refractivity (Wildman–Crippen MR) is 134 cm³/mol. The first-order valence-corrected chi connectivity index (χ1v) is 13.4. The Balaban J connectivity index is 1.23. The number of phosphoric acid groups is 1. The Bertz CT molecular complexity index is 1340. The van der Waals surface area contributed by atoms with E-state index >= 15 is 0 Å². The zero-order valence-electron chi connectivity index (χ0n) is 20.1. The van der Waals surface area contributed by atoms with E-state index in [1.807, 2.05) is 48.5 Å². The molecule has 0 bridgehead atoms. The summed E-state index contributed by atoms with van der Waals surface area (Å²) < 4.78 is 33.5. The van der Waals surface area contributed by atoms with E-state index in [9.17, 15) is 19.3 Å². The smallest absolute Gasteiger partial charge is 0.480 e. The molecule has 1 aliphatic heterocycles. The van der Waals surface area contributed by atoms with Crippen LogP contribution < -0.4 is 9.84 Å². The maximum Gasteiger partial charge on any atom is 0.530 e. The average Bonchev–Trinajstić information content (AvgIpc) is 3.21. The Kier molecular flexibility index (Phi) is 7.02. The average molecular weight is 523 g/mol. The van der Waals surface area contributed by atoms with Gasteiger partial charge in [-0.1, -0.05) is 54.6 Å². The van der Waals surface area contributed by atoms with Gasteiger partial charge in [0, 0.05) is 17.9 Å². The van der Waals surface area contributed by atoms with Crippen molar-refractivity contribution in [3.8, 4) is 16.9 Å². The van der Waals surface area contributed by atoms with Crippen molar-refractivity contribution in [1.82, 2.24) is 5.32 Å². The van der Waals surface area contributed by atoms with Gasteiger partial charge < -0.3 is 19.7 Å². The second-order valence-electron chi connectivity index (χ2n) is 8.74. The van der Waals surface area contributed by atoms with Crippen LogP contribution in [0.25, 0.3) is 11.1 Å². The van der Waals surface area contributed by atoms with Crippen LogP contribution in [0.2, 0.25) is 0 Å². The third kappa shape index (κ3) is 5.25. The quantitative estimate of drug-likeness (QED) is 0.383. The van der Waals surface area contributed by atoms with Crippen molar-refractivity contribution in [1.29, 1.82) is 0 Å². The van der Waals surface area contributed by atoms with Crippen LogP contribution in [0.3, 0.4) is 0 Å². The predicted octanol–water partition coefficient (Wildman–Crippen LogP) is 5.27. The highest BCUT2D eigenvalue weighted by atomic mass is 31.2. The van der Waals surface area contributed by atoms with Gasteiger partial charge in [-0.3, -0.25) is 9.05 Å². The van der Waals surface area contributed by atoms with Crippen molar-refractivity contribution >= 4 is 19.9 Å². The minimum absolute atomic E-state index is 0.00199. The Morgan fingerprint density at radius 3 is 2.41 bits per heavy atom. The Morgan fingerprint density at radius 2 is 1.76 bits per heavy atom. The first-order valence-electron chi connectivity index (χ1n) is 11.9. The number of ether oxygens (including phenoxy) is 1. The van der Waals surface area contributed by atoms with Gasteiger partial charge in [-0.2, -0.15) is 0 Å². The van der Waals surface area contributed by atoms with Crippen LogP contribution in [0.4, 0.5) is 4.79 Å². The lowest BCUT2D eigenvalue weighted by Gasteiger charge is -2.25. The van der Waals surface area contributed by atoms with Gasteiger partial charge in [0.2, 0.25) is 0 Å². The van der Waals surface area contributed by atoms with Gasteiger partial charge in [-0.25, -0.2) is 14.2 Å². The van der Waals surface area contributed by atoms with Crippen LogP contribution in [0.5, 0.6) is 5.75 Å². The monoisotopic (exact) mass is 523 g/mol. The second kappa shape index (κ2) is 10.4. The molecule has 3 aromatic carbocycles. The first kappa shape index (κ1) is 25.0. The number of nitrogens with one attached hydrogen (secondary N) is 1. The summed E-state index contributed by atoms with van der Waals surface area (Å²) >= 11 is 0. The number of rotatable bonds is 8. The van der Waals surface area contributed by atoms with E-state index < -0.39 is 25.9 Å². The molecule has 37 heavy (non-hydrogen) atoms. The molecule has 9 nitrogen and oxygen atoms in total. The van der Waals surface area contributed by atoms with Crippen molar-refractivity contribution in [2.24, 2.45) is 0 Å². The van der Waals surface area contributed by atoms with Gasteiger partial charge in [0.25, 0.3) is 0 Å². The third-order valence-corrected chi connectivity index (χ3v) is 7.81. The second-order valence-corrected chi connectivity index (χ2v) is 10.3. The summed E-state index contributed by atoms with van der Waals surface area (Å²) in [6.07, 6.45) is -0.799. The molecule has 5 rings (SSSR count). The highest BCUT2D eigenvalue weighted by Crippen LogP contribution is 2.54. The minimum Gasteiger partial charge on any atom is -0.480 e. The fourth-order valence-electron chi connectivity index (χ4n) is 4.70. The molecule has 1 heterocycles. The number of carbonyl (C=O) groups excluding carboxylic acids is 1. The fourth-order valence-corrected chi connectivity index (χ4v) is 5.91. The van der Waals surface area contributed by atoms with Gasteiger partial charge in [-0.05, 0) is 46.9 Å². The summed E-state index contributed by atoms with van der Waals surface area (Å²) in [6, 6.07) is 19.7. The molecule has 2 unspecified atom stereocenters. The van der Waals surface area contributed by atoms with Crippen LogP contribution in [0, 0.1) is 0 Å². The zero-order valence-corrected chi connectivity index (χ0v) is 21.0. The SMILES string of the molecule is CCOP1(=O)OCc2cc(CC(NC(=O)OCC3c4ccccc4-c4ccccc43)C(=O)O)ccc2O1. The molecule has 1 aliphatic carbocycles. The number of amides is 1. The number of carboxylic acid groups (broad SMARTS) is 1. The molecule has 0 saturated carbocycles. The van der Waals surface area contributed by atoms with Crippen molar-refractivity contribution in [2.75, 3.05) is 13.2 Å². The lowest BCUT2D eigenvalue weighted by molar-refractivity contribution is -0.139. The molecule has 192 valence electrons. The molecular formula is C27H26NO8P. The lowest BCUT2D eigenvalue weighted by atomic mass is 9.98. The summed E-state index contributed by atoms with van der Waals surface area (Å²) in [5.74, 6) is -0.975. The van der Waals surface area contributed by atoms with E-state index in [1.54, 1.807) is 25.1 Å². The highest BCUT2D eigenvalue weighted by molar-refractivity contribution is 7.49. The summed E-state index contributed by atoms with van der Waals surface area (Å²) in [5, 5.41) is 12.2. The molecular weight excluding hydrogens is 497 g/mol. The zero-order chi connectivity index (χ0) is 26.0. The third-order valence-electron chi connectivity index (χ3n) is 6.37. The van der Waals surface area contributed by atoms with Crippen molar-refractivity contribution in [3.05, 3.63) is 89.0 Å². The Labute approximate surface area is 213 Å². The maximum absolute atomic E-state index is 12.6. The Morgan fingerprint density at radius 1 is 1.08 bits per heavy atom. The maximum atomic E-state index is 12.6. The molecule has 3 aromatic rings. The number of benzene rings is 3. The molecule has 0 spiro atoms. The molecule has 1 amide bonds. The van der Waals surface area contributed by atoms with Crippen LogP contribution in [-0.4, -0.2) is 36.4 Å². The molecule has 10 heteroatoms. The van der Waals surface area contributed by atoms with Crippen LogP contribution in [0.1, 0.15) is 35.1 Å².